The molecule has 0 aromatic heterocycles. The minimum Gasteiger partial charge on any atom is -0.493 e. The fourth-order valence-corrected chi connectivity index (χ4v) is 3.01. The van der Waals surface area contributed by atoms with E-state index in [0.717, 1.165) is 31.1 Å². The largest absolute Gasteiger partial charge is 0.493 e. The Bertz CT molecular complexity index is 460. The molecule has 0 bridgehead atoms. The standard InChI is InChI=1S/C16H26N2O2/c1-12(18-9-8-17-11-16(18,2)3)13-6-7-14(19-4)15(10-13)20-5/h6-7,10,12,17H,8-9,11H2,1-5H3. The van der Waals surface area contributed by atoms with Crippen LogP contribution in [0.1, 0.15) is 32.4 Å². The molecule has 0 aliphatic carbocycles. The Morgan fingerprint density at radius 3 is 2.50 bits per heavy atom. The molecule has 1 aliphatic heterocycles. The van der Waals surface area contributed by atoms with Gasteiger partial charge in [-0.15, -0.1) is 0 Å². The SMILES string of the molecule is COc1ccc(C(C)N2CCNCC2(C)C)cc1OC. The van der Waals surface area contributed by atoms with Gasteiger partial charge in [0.2, 0.25) is 0 Å². The third-order valence-electron chi connectivity index (χ3n) is 4.22. The smallest absolute Gasteiger partial charge is 0.161 e. The van der Waals surface area contributed by atoms with Crippen molar-refractivity contribution in [3.63, 3.8) is 0 Å². The lowest BCUT2D eigenvalue weighted by atomic mass is 9.95. The van der Waals surface area contributed by atoms with Crippen LogP contribution in [0.3, 0.4) is 0 Å². The van der Waals surface area contributed by atoms with Gasteiger partial charge in [-0.2, -0.15) is 0 Å². The summed E-state index contributed by atoms with van der Waals surface area (Å²) in [6, 6.07) is 6.55. The zero-order valence-corrected chi connectivity index (χ0v) is 13.2. The van der Waals surface area contributed by atoms with Crippen molar-refractivity contribution in [2.24, 2.45) is 0 Å². The van der Waals surface area contributed by atoms with Crippen molar-refractivity contribution >= 4 is 0 Å². The molecule has 0 amide bonds. The van der Waals surface area contributed by atoms with E-state index in [0.29, 0.717) is 6.04 Å². The lowest BCUT2D eigenvalue weighted by Gasteiger charge is -2.46. The van der Waals surface area contributed by atoms with Crippen LogP contribution in [0, 0.1) is 0 Å². The molecule has 1 aromatic rings. The van der Waals surface area contributed by atoms with Crippen LogP contribution in [-0.2, 0) is 0 Å². The van der Waals surface area contributed by atoms with Gasteiger partial charge in [0.25, 0.3) is 0 Å². The number of ether oxygens (including phenoxy) is 2. The van der Waals surface area contributed by atoms with E-state index in [2.05, 4.69) is 43.1 Å². The summed E-state index contributed by atoms with van der Waals surface area (Å²) in [7, 11) is 3.35. The normalized spacial score (nSPS) is 20.4. The van der Waals surface area contributed by atoms with Gasteiger partial charge < -0.3 is 14.8 Å². The predicted octanol–water partition coefficient (Wildman–Crippen LogP) is 2.45. The van der Waals surface area contributed by atoms with E-state index in [9.17, 15) is 0 Å². The number of nitrogens with one attached hydrogen (secondary N) is 1. The molecule has 20 heavy (non-hydrogen) atoms. The molecule has 1 heterocycles. The van der Waals surface area contributed by atoms with E-state index in [1.54, 1.807) is 14.2 Å². The molecule has 0 radical (unpaired) electrons. The summed E-state index contributed by atoms with van der Waals surface area (Å²) in [5, 5.41) is 3.47. The van der Waals surface area contributed by atoms with Crippen molar-refractivity contribution < 1.29 is 9.47 Å². The van der Waals surface area contributed by atoms with Gasteiger partial charge in [-0.25, -0.2) is 0 Å². The molecule has 1 saturated heterocycles. The Morgan fingerprint density at radius 2 is 1.90 bits per heavy atom. The van der Waals surface area contributed by atoms with Crippen molar-refractivity contribution in [1.29, 1.82) is 0 Å². The van der Waals surface area contributed by atoms with Gasteiger partial charge in [0, 0.05) is 31.2 Å². The Kier molecular flexibility index (Phi) is 4.55. The van der Waals surface area contributed by atoms with Crippen LogP contribution in [0.5, 0.6) is 11.5 Å². The third-order valence-corrected chi connectivity index (χ3v) is 4.22. The minimum atomic E-state index is 0.158. The van der Waals surface area contributed by atoms with Gasteiger partial charge in [0.05, 0.1) is 14.2 Å². The summed E-state index contributed by atoms with van der Waals surface area (Å²) in [5.74, 6) is 1.58. The van der Waals surface area contributed by atoms with E-state index < -0.39 is 0 Å². The number of piperazine rings is 1. The summed E-state index contributed by atoms with van der Waals surface area (Å²) in [5.41, 5.74) is 1.42. The first-order valence-electron chi connectivity index (χ1n) is 7.19. The highest BCUT2D eigenvalue weighted by molar-refractivity contribution is 5.43. The van der Waals surface area contributed by atoms with Crippen LogP contribution in [0.2, 0.25) is 0 Å². The Hall–Kier alpha value is -1.26. The minimum absolute atomic E-state index is 0.158. The first kappa shape index (κ1) is 15.1. The fourth-order valence-electron chi connectivity index (χ4n) is 3.01. The maximum absolute atomic E-state index is 5.41. The van der Waals surface area contributed by atoms with Crippen LogP contribution in [0.4, 0.5) is 0 Å². The zero-order valence-electron chi connectivity index (χ0n) is 13.2. The average molecular weight is 278 g/mol. The van der Waals surface area contributed by atoms with Gasteiger partial charge in [-0.05, 0) is 38.5 Å². The lowest BCUT2D eigenvalue weighted by molar-refractivity contribution is 0.0515. The van der Waals surface area contributed by atoms with Gasteiger partial charge >= 0.3 is 0 Å². The number of methoxy groups -OCH3 is 2. The number of hydrogen-bond donors (Lipinski definition) is 1. The molecule has 2 rings (SSSR count). The topological polar surface area (TPSA) is 33.7 Å². The molecular weight excluding hydrogens is 252 g/mol. The maximum atomic E-state index is 5.41. The predicted molar refractivity (Wildman–Crippen MR) is 81.6 cm³/mol. The highest BCUT2D eigenvalue weighted by atomic mass is 16.5. The molecule has 4 heteroatoms. The quantitative estimate of drug-likeness (QED) is 0.917. The first-order valence-corrected chi connectivity index (χ1v) is 7.19. The highest BCUT2D eigenvalue weighted by Gasteiger charge is 2.33. The lowest BCUT2D eigenvalue weighted by Crippen LogP contribution is -2.58. The monoisotopic (exact) mass is 278 g/mol. The second-order valence-corrected chi connectivity index (χ2v) is 5.97. The molecule has 1 fully saturated rings. The Morgan fingerprint density at radius 1 is 1.20 bits per heavy atom. The Labute approximate surface area is 122 Å². The average Bonchev–Trinajstić information content (AvgIpc) is 2.45. The molecule has 4 nitrogen and oxygen atoms in total. The van der Waals surface area contributed by atoms with E-state index >= 15 is 0 Å². The second-order valence-electron chi connectivity index (χ2n) is 5.97. The molecule has 0 saturated carbocycles. The summed E-state index contributed by atoms with van der Waals surface area (Å²) in [6.07, 6.45) is 0. The van der Waals surface area contributed by atoms with E-state index in [-0.39, 0.29) is 5.54 Å². The van der Waals surface area contributed by atoms with Crippen LogP contribution >= 0.6 is 0 Å². The number of hydrogen-bond acceptors (Lipinski definition) is 4. The van der Waals surface area contributed by atoms with E-state index in [1.807, 2.05) is 6.07 Å². The van der Waals surface area contributed by atoms with Crippen molar-refractivity contribution in [3.05, 3.63) is 23.8 Å². The van der Waals surface area contributed by atoms with Gasteiger partial charge in [-0.3, -0.25) is 4.90 Å². The molecule has 1 N–H and O–H groups in total. The fraction of sp³-hybridized carbons (Fsp3) is 0.625. The maximum Gasteiger partial charge on any atom is 0.161 e. The van der Waals surface area contributed by atoms with Crippen molar-refractivity contribution in [1.82, 2.24) is 10.2 Å². The van der Waals surface area contributed by atoms with E-state index in [1.165, 1.54) is 5.56 Å². The molecule has 1 aromatic carbocycles. The van der Waals surface area contributed by atoms with Crippen LogP contribution in [0.15, 0.2) is 18.2 Å². The molecule has 1 aliphatic rings. The second kappa shape index (κ2) is 6.02. The molecule has 0 spiro atoms. The molecule has 1 atom stereocenters. The molecular formula is C16H26N2O2. The summed E-state index contributed by atoms with van der Waals surface area (Å²) < 4.78 is 10.7. The third kappa shape index (κ3) is 2.91. The summed E-state index contributed by atoms with van der Waals surface area (Å²) >= 11 is 0. The van der Waals surface area contributed by atoms with Gasteiger partial charge in [-0.1, -0.05) is 6.07 Å². The van der Waals surface area contributed by atoms with Crippen LogP contribution < -0.4 is 14.8 Å². The van der Waals surface area contributed by atoms with Crippen molar-refractivity contribution in [3.8, 4) is 11.5 Å². The van der Waals surface area contributed by atoms with E-state index in [4.69, 9.17) is 9.47 Å². The van der Waals surface area contributed by atoms with Gasteiger partial charge in [0.1, 0.15) is 0 Å². The molecule has 112 valence electrons. The van der Waals surface area contributed by atoms with Crippen molar-refractivity contribution in [2.45, 2.75) is 32.4 Å². The van der Waals surface area contributed by atoms with Crippen LogP contribution in [-0.4, -0.2) is 44.3 Å². The number of rotatable bonds is 4. The first-order chi connectivity index (χ1) is 9.49. The summed E-state index contributed by atoms with van der Waals surface area (Å²) in [4.78, 5) is 2.55. The number of benzene rings is 1. The Balaban J connectivity index is 2.26. The summed E-state index contributed by atoms with van der Waals surface area (Å²) in [6.45, 7) is 9.95. The van der Waals surface area contributed by atoms with Crippen molar-refractivity contribution in [2.75, 3.05) is 33.9 Å². The van der Waals surface area contributed by atoms with Crippen LogP contribution in [0.25, 0.3) is 0 Å². The van der Waals surface area contributed by atoms with Gasteiger partial charge in [0.15, 0.2) is 11.5 Å². The molecule has 1 unspecified atom stereocenters. The number of nitrogens with zero attached hydrogens (tertiary/aromatic N) is 1. The zero-order chi connectivity index (χ0) is 14.8. The highest BCUT2D eigenvalue weighted by Crippen LogP contribution is 2.34.